The molecule has 1 saturated carbocycles. The predicted octanol–water partition coefficient (Wildman–Crippen LogP) is 4.08. The van der Waals surface area contributed by atoms with E-state index >= 15 is 0 Å². The van der Waals surface area contributed by atoms with E-state index in [2.05, 4.69) is 42.3 Å². The number of hydrazine groups is 1. The monoisotopic (exact) mass is 375 g/mol. The van der Waals surface area contributed by atoms with Gasteiger partial charge in [0.05, 0.1) is 11.7 Å². The Morgan fingerprint density at radius 2 is 2.06 bits per heavy atom. The Labute approximate surface area is 125 Å². The minimum Gasteiger partial charge on any atom is -0.271 e. The molecule has 2 rings (SSSR count). The Bertz CT molecular complexity index is 392. The van der Waals surface area contributed by atoms with Crippen molar-refractivity contribution in [2.45, 2.75) is 44.6 Å². The lowest BCUT2D eigenvalue weighted by molar-refractivity contribution is 0.298. The van der Waals surface area contributed by atoms with Gasteiger partial charge in [-0.1, -0.05) is 32.1 Å². The molecule has 3 nitrogen and oxygen atoms in total. The molecule has 5 heteroatoms. The summed E-state index contributed by atoms with van der Waals surface area (Å²) >= 11 is 6.99. The van der Waals surface area contributed by atoms with Gasteiger partial charge in [0.2, 0.25) is 0 Å². The number of nitrogens with zero attached hydrogens (tertiary/aromatic N) is 1. The molecule has 0 saturated heterocycles. The zero-order valence-corrected chi connectivity index (χ0v) is 13.5. The van der Waals surface area contributed by atoms with Gasteiger partial charge in [0.15, 0.2) is 0 Å². The number of nitrogens with one attached hydrogen (secondary N) is 1. The summed E-state index contributed by atoms with van der Waals surface area (Å²) in [6, 6.07) is 2.16. The number of aromatic nitrogens is 1. The smallest absolute Gasteiger partial charge is 0.0729 e. The van der Waals surface area contributed by atoms with Crippen molar-refractivity contribution < 1.29 is 0 Å². The molecule has 1 heterocycles. The molecule has 3 N–H and O–H groups in total. The van der Waals surface area contributed by atoms with Gasteiger partial charge < -0.3 is 0 Å². The number of rotatable bonds is 4. The molecule has 100 valence electrons. The third-order valence-electron chi connectivity index (χ3n) is 3.66. The van der Waals surface area contributed by atoms with Crippen LogP contribution in [0.2, 0.25) is 0 Å². The summed E-state index contributed by atoms with van der Waals surface area (Å²) in [5, 5.41) is 0. The van der Waals surface area contributed by atoms with Crippen molar-refractivity contribution in [3.63, 3.8) is 0 Å². The van der Waals surface area contributed by atoms with Crippen LogP contribution in [0.15, 0.2) is 21.2 Å². The largest absolute Gasteiger partial charge is 0.271 e. The molecular weight excluding hydrogens is 358 g/mol. The fourth-order valence-electron chi connectivity index (χ4n) is 2.70. The van der Waals surface area contributed by atoms with Crippen molar-refractivity contribution >= 4 is 31.9 Å². The van der Waals surface area contributed by atoms with Crippen LogP contribution in [0.1, 0.15) is 50.3 Å². The first-order valence-corrected chi connectivity index (χ1v) is 8.06. The van der Waals surface area contributed by atoms with Crippen molar-refractivity contribution in [1.82, 2.24) is 10.4 Å². The van der Waals surface area contributed by atoms with Crippen LogP contribution in [0.5, 0.6) is 0 Å². The number of hydrogen-bond donors (Lipinski definition) is 2. The second-order valence-corrected chi connectivity index (χ2v) is 6.75. The normalized spacial score (nSPS) is 18.8. The molecule has 0 amide bonds. The lowest BCUT2D eigenvalue weighted by atomic mass is 9.84. The minimum atomic E-state index is 0.135. The summed E-state index contributed by atoms with van der Waals surface area (Å²) in [7, 11) is 0. The maximum atomic E-state index is 5.71. The second-order valence-electron chi connectivity index (χ2n) is 4.98. The van der Waals surface area contributed by atoms with Crippen LogP contribution in [0.3, 0.4) is 0 Å². The van der Waals surface area contributed by atoms with Gasteiger partial charge in [0.25, 0.3) is 0 Å². The lowest BCUT2D eigenvalue weighted by Gasteiger charge is -2.26. The lowest BCUT2D eigenvalue weighted by Crippen LogP contribution is -2.31. The molecule has 0 aromatic carbocycles. The van der Waals surface area contributed by atoms with Crippen LogP contribution in [0.25, 0.3) is 0 Å². The SMILES string of the molecule is NNC(CC1CCCCC1)c1ncc(Br)cc1Br. The summed E-state index contributed by atoms with van der Waals surface area (Å²) in [6.45, 7) is 0. The van der Waals surface area contributed by atoms with Crippen LogP contribution in [0.4, 0.5) is 0 Å². The third-order valence-corrected chi connectivity index (χ3v) is 4.73. The van der Waals surface area contributed by atoms with Gasteiger partial charge in [-0.25, -0.2) is 0 Å². The molecule has 0 radical (unpaired) electrons. The van der Waals surface area contributed by atoms with E-state index in [-0.39, 0.29) is 6.04 Å². The standard InChI is InChI=1S/C13H19Br2N3/c14-10-7-11(15)13(17-8-10)12(18-16)6-9-4-2-1-3-5-9/h7-9,12,18H,1-6,16H2. The second kappa shape index (κ2) is 6.98. The first-order chi connectivity index (χ1) is 8.70. The zero-order chi connectivity index (χ0) is 13.0. The molecule has 1 atom stereocenters. The molecule has 1 aliphatic rings. The van der Waals surface area contributed by atoms with Crippen molar-refractivity contribution in [1.29, 1.82) is 0 Å². The number of hydrogen-bond acceptors (Lipinski definition) is 3. The van der Waals surface area contributed by atoms with E-state index in [4.69, 9.17) is 5.84 Å². The highest BCUT2D eigenvalue weighted by Crippen LogP contribution is 2.33. The first kappa shape index (κ1) is 14.4. The van der Waals surface area contributed by atoms with E-state index in [1.54, 1.807) is 0 Å². The highest BCUT2D eigenvalue weighted by atomic mass is 79.9. The summed E-state index contributed by atoms with van der Waals surface area (Å²) in [4.78, 5) is 4.48. The van der Waals surface area contributed by atoms with Gasteiger partial charge >= 0.3 is 0 Å². The van der Waals surface area contributed by atoms with E-state index in [9.17, 15) is 0 Å². The molecule has 0 aliphatic heterocycles. The molecule has 1 aromatic heterocycles. The highest BCUT2D eigenvalue weighted by molar-refractivity contribution is 9.11. The van der Waals surface area contributed by atoms with Crippen LogP contribution in [0, 0.1) is 5.92 Å². The van der Waals surface area contributed by atoms with Crippen LogP contribution < -0.4 is 11.3 Å². The van der Waals surface area contributed by atoms with Gasteiger partial charge in [0.1, 0.15) is 0 Å². The van der Waals surface area contributed by atoms with Gasteiger partial charge in [-0.15, -0.1) is 0 Å². The molecular formula is C13H19Br2N3. The average Bonchev–Trinajstić information content (AvgIpc) is 2.38. The summed E-state index contributed by atoms with van der Waals surface area (Å²) in [5.41, 5.74) is 3.92. The van der Waals surface area contributed by atoms with Crippen LogP contribution in [-0.4, -0.2) is 4.98 Å². The minimum absolute atomic E-state index is 0.135. The van der Waals surface area contributed by atoms with Gasteiger partial charge in [0, 0.05) is 15.1 Å². The molecule has 0 bridgehead atoms. The van der Waals surface area contributed by atoms with E-state index in [1.807, 2.05) is 12.3 Å². The maximum Gasteiger partial charge on any atom is 0.0729 e. The fraction of sp³-hybridized carbons (Fsp3) is 0.615. The van der Waals surface area contributed by atoms with Crippen LogP contribution in [-0.2, 0) is 0 Å². The quantitative estimate of drug-likeness (QED) is 0.614. The van der Waals surface area contributed by atoms with E-state index in [1.165, 1.54) is 32.1 Å². The Kier molecular flexibility index (Phi) is 5.60. The predicted molar refractivity (Wildman–Crippen MR) is 80.9 cm³/mol. The summed E-state index contributed by atoms with van der Waals surface area (Å²) < 4.78 is 1.99. The number of nitrogens with two attached hydrogens (primary N) is 1. The van der Waals surface area contributed by atoms with Crippen molar-refractivity contribution in [3.05, 3.63) is 26.9 Å². The van der Waals surface area contributed by atoms with E-state index in [0.717, 1.165) is 27.0 Å². The molecule has 1 aromatic rings. The Morgan fingerprint density at radius 1 is 1.33 bits per heavy atom. The van der Waals surface area contributed by atoms with Crippen LogP contribution >= 0.6 is 31.9 Å². The molecule has 1 unspecified atom stereocenters. The summed E-state index contributed by atoms with van der Waals surface area (Å²) in [5.74, 6) is 6.48. The first-order valence-electron chi connectivity index (χ1n) is 6.47. The highest BCUT2D eigenvalue weighted by Gasteiger charge is 2.21. The Morgan fingerprint density at radius 3 is 2.67 bits per heavy atom. The Balaban J connectivity index is 2.07. The average molecular weight is 377 g/mol. The zero-order valence-electron chi connectivity index (χ0n) is 10.3. The van der Waals surface area contributed by atoms with Crippen molar-refractivity contribution in [2.24, 2.45) is 11.8 Å². The topological polar surface area (TPSA) is 50.9 Å². The molecule has 0 spiro atoms. The van der Waals surface area contributed by atoms with Crippen molar-refractivity contribution in [2.75, 3.05) is 0 Å². The van der Waals surface area contributed by atoms with Gasteiger partial charge in [-0.3, -0.25) is 16.3 Å². The van der Waals surface area contributed by atoms with Gasteiger partial charge in [-0.2, -0.15) is 0 Å². The third kappa shape index (κ3) is 3.76. The molecule has 18 heavy (non-hydrogen) atoms. The number of halogens is 2. The van der Waals surface area contributed by atoms with Crippen molar-refractivity contribution in [3.8, 4) is 0 Å². The maximum absolute atomic E-state index is 5.71. The van der Waals surface area contributed by atoms with E-state index < -0.39 is 0 Å². The van der Waals surface area contributed by atoms with Gasteiger partial charge in [-0.05, 0) is 50.3 Å². The molecule has 1 aliphatic carbocycles. The molecule has 1 fully saturated rings. The fourth-order valence-corrected chi connectivity index (χ4v) is 3.96. The summed E-state index contributed by atoms with van der Waals surface area (Å²) in [6.07, 6.45) is 9.65. The number of pyridine rings is 1. The van der Waals surface area contributed by atoms with E-state index in [0.29, 0.717) is 0 Å². The Hall–Kier alpha value is 0.0300.